The number of hydrogen-bond donors (Lipinski definition) is 0. The summed E-state index contributed by atoms with van der Waals surface area (Å²) in [6.45, 7) is 0. The highest BCUT2D eigenvalue weighted by Gasteiger charge is 2.26. The maximum Gasteiger partial charge on any atom is 0.187 e. The molecule has 7 rings (SSSR count). The van der Waals surface area contributed by atoms with Gasteiger partial charge in [-0.1, -0.05) is 48.5 Å². The molecule has 150 valence electrons. The first-order valence-electron chi connectivity index (χ1n) is 10.9. The topological polar surface area (TPSA) is 0 Å². The lowest BCUT2D eigenvalue weighted by molar-refractivity contribution is 1.81. The third kappa shape index (κ3) is 2.54. The zero-order chi connectivity index (χ0) is 21.1. The highest BCUT2D eigenvalue weighted by molar-refractivity contribution is 7.51. The van der Waals surface area contributed by atoms with E-state index in [-0.39, 0.29) is 20.9 Å². The van der Waals surface area contributed by atoms with Crippen LogP contribution in [-0.2, 0) is 0 Å². The average molecular weight is 445 g/mol. The molecule has 0 N–H and O–H groups in total. The summed E-state index contributed by atoms with van der Waals surface area (Å²) in [4.78, 5) is 2.80. The van der Waals surface area contributed by atoms with Gasteiger partial charge in [-0.3, -0.25) is 0 Å². The van der Waals surface area contributed by atoms with Crippen LogP contribution in [0.1, 0.15) is 0 Å². The summed E-state index contributed by atoms with van der Waals surface area (Å²) < 4.78 is 5.78. The summed E-state index contributed by atoms with van der Waals surface area (Å²) in [5.74, 6) is 0. The van der Waals surface area contributed by atoms with Gasteiger partial charge >= 0.3 is 0 Å². The Balaban J connectivity index is 1.47. The van der Waals surface area contributed by atoms with Crippen LogP contribution >= 0.6 is 20.9 Å². The molecule has 0 spiro atoms. The third-order valence-corrected chi connectivity index (χ3v) is 11.0. The van der Waals surface area contributed by atoms with Crippen LogP contribution in [0.3, 0.4) is 0 Å². The van der Waals surface area contributed by atoms with Gasteiger partial charge in [0.1, 0.15) is 0 Å². The number of fused-ring (bicyclic) bond motifs is 6. The Bertz CT molecular complexity index is 1530. The molecule has 2 heterocycles. The molecule has 2 heteroatoms. The van der Waals surface area contributed by atoms with Crippen molar-refractivity contribution in [3.63, 3.8) is 0 Å². The normalized spacial score (nSPS) is 11.8. The van der Waals surface area contributed by atoms with E-state index < -0.39 is 0 Å². The monoisotopic (exact) mass is 444 g/mol. The molecular weight excluding hydrogens is 424 g/mol. The van der Waals surface area contributed by atoms with Crippen LogP contribution in [-0.4, -0.2) is 0 Å². The van der Waals surface area contributed by atoms with Crippen molar-refractivity contribution in [1.82, 2.24) is 0 Å². The molecule has 32 heavy (non-hydrogen) atoms. The fourth-order valence-electron chi connectivity index (χ4n) is 4.93. The lowest BCUT2D eigenvalue weighted by atomic mass is 10.2. The summed E-state index contributed by atoms with van der Waals surface area (Å²) in [7, 11) is -0.0750. The van der Waals surface area contributed by atoms with E-state index in [1.807, 2.05) is 0 Å². The number of rotatable bonds is 2. The summed E-state index contributed by atoms with van der Waals surface area (Å²) in [6.07, 6.45) is 0. The minimum atomic E-state index is -0.0375. The standard InChI is InChI=1S/C30H20S2/c1-5-13-27-23(9-1)24-10-2-6-14-28(24)31(27)21-17-19-22(20-18-21)32-29-15-7-3-11-25(29)26-12-4-8-16-30(26)32/h1-20H/q+2. The van der Waals surface area contributed by atoms with Crippen molar-refractivity contribution in [3.05, 3.63) is 121 Å². The molecule has 0 radical (unpaired) electrons. The van der Waals surface area contributed by atoms with E-state index in [0.717, 1.165) is 0 Å². The molecule has 0 fully saturated rings. The molecule has 0 unspecified atom stereocenters. The number of hydrogen-bond acceptors (Lipinski definition) is 0. The van der Waals surface area contributed by atoms with E-state index in [1.165, 1.54) is 50.1 Å². The molecule has 0 saturated heterocycles. The van der Waals surface area contributed by atoms with Gasteiger partial charge in [-0.25, -0.2) is 0 Å². The maximum absolute atomic E-state index is 2.37. The summed E-state index contributed by atoms with van der Waals surface area (Å²) in [5, 5.41) is 5.54. The molecular formula is C30H20S2+2. The van der Waals surface area contributed by atoms with E-state index in [4.69, 9.17) is 0 Å². The molecule has 0 bridgehead atoms. The third-order valence-electron chi connectivity index (χ3n) is 6.30. The fraction of sp³-hybridized carbons (Fsp3) is 0. The number of benzene rings is 5. The van der Waals surface area contributed by atoms with Gasteiger partial charge in [0.15, 0.2) is 28.6 Å². The Morgan fingerprint density at radius 3 is 0.812 bits per heavy atom. The minimum absolute atomic E-state index is 0.0375. The first kappa shape index (κ1) is 18.1. The zero-order valence-corrected chi connectivity index (χ0v) is 19.0. The largest absolute Gasteiger partial charge is 0.187 e. The van der Waals surface area contributed by atoms with Crippen molar-refractivity contribution in [2.24, 2.45) is 0 Å². The SMILES string of the molecule is c1ccc2c(c1)c1ccccc1[s+]2-c1ccc(-[s+]2c3ccccc3c3ccccc32)cc1. The second-order valence-corrected chi connectivity index (χ2v) is 12.0. The van der Waals surface area contributed by atoms with Gasteiger partial charge in [0.25, 0.3) is 0 Å². The van der Waals surface area contributed by atoms with Crippen LogP contribution in [0.15, 0.2) is 121 Å². The van der Waals surface area contributed by atoms with Gasteiger partial charge < -0.3 is 0 Å². The molecule has 0 aliphatic heterocycles. The quantitative estimate of drug-likeness (QED) is 0.233. The van der Waals surface area contributed by atoms with E-state index in [0.29, 0.717) is 0 Å². The van der Waals surface area contributed by atoms with Crippen molar-refractivity contribution in [2.75, 3.05) is 0 Å². The van der Waals surface area contributed by atoms with Crippen molar-refractivity contribution >= 4 is 61.3 Å². The van der Waals surface area contributed by atoms with E-state index in [1.54, 1.807) is 0 Å². The Labute approximate surface area is 191 Å². The Kier molecular flexibility index (Phi) is 3.98. The van der Waals surface area contributed by atoms with Crippen molar-refractivity contribution in [1.29, 1.82) is 0 Å². The molecule has 2 aromatic heterocycles. The van der Waals surface area contributed by atoms with Crippen LogP contribution in [0.4, 0.5) is 0 Å². The molecule has 5 aromatic carbocycles. The predicted octanol–water partition coefficient (Wildman–Crippen LogP) is 9.78. The smallest absolute Gasteiger partial charge is 0.0612 e. The summed E-state index contributed by atoms with van der Waals surface area (Å²) in [5.41, 5.74) is 0. The minimum Gasteiger partial charge on any atom is -0.0612 e. The molecule has 0 amide bonds. The predicted molar refractivity (Wildman–Crippen MR) is 144 cm³/mol. The zero-order valence-electron chi connectivity index (χ0n) is 17.4. The summed E-state index contributed by atoms with van der Waals surface area (Å²) in [6, 6.07) is 45.1. The fourth-order valence-corrected chi connectivity index (χ4v) is 9.68. The van der Waals surface area contributed by atoms with Gasteiger partial charge in [0.05, 0.1) is 0 Å². The molecule has 0 saturated carbocycles. The van der Waals surface area contributed by atoms with Crippen LogP contribution in [0, 0.1) is 0 Å². The lowest BCUT2D eigenvalue weighted by Crippen LogP contribution is -1.74. The lowest BCUT2D eigenvalue weighted by Gasteiger charge is -1.96. The van der Waals surface area contributed by atoms with E-state index >= 15 is 0 Å². The maximum atomic E-state index is 2.37. The van der Waals surface area contributed by atoms with E-state index in [2.05, 4.69) is 121 Å². The molecule has 0 aliphatic carbocycles. The van der Waals surface area contributed by atoms with Crippen LogP contribution in [0.5, 0.6) is 0 Å². The van der Waals surface area contributed by atoms with Crippen molar-refractivity contribution in [2.45, 2.75) is 0 Å². The highest BCUT2D eigenvalue weighted by atomic mass is 32.2. The second-order valence-electron chi connectivity index (χ2n) is 8.07. The Morgan fingerprint density at radius 1 is 0.281 bits per heavy atom. The van der Waals surface area contributed by atoms with Crippen molar-refractivity contribution < 1.29 is 0 Å². The Morgan fingerprint density at radius 2 is 0.531 bits per heavy atom. The molecule has 0 nitrogen and oxygen atoms in total. The van der Waals surface area contributed by atoms with Gasteiger partial charge in [-0.05, 0) is 48.5 Å². The number of thiophene rings is 2. The first-order chi connectivity index (χ1) is 15.9. The van der Waals surface area contributed by atoms with Gasteiger partial charge in [-0.2, -0.15) is 0 Å². The summed E-state index contributed by atoms with van der Waals surface area (Å²) >= 11 is 0. The molecule has 7 aromatic rings. The highest BCUT2D eigenvalue weighted by Crippen LogP contribution is 2.51. The first-order valence-corrected chi connectivity index (χ1v) is 13.3. The van der Waals surface area contributed by atoms with Gasteiger partial charge in [-0.15, -0.1) is 0 Å². The Hall–Kier alpha value is -3.46. The molecule has 0 aliphatic rings. The van der Waals surface area contributed by atoms with Gasteiger partial charge in [0, 0.05) is 66.8 Å². The average Bonchev–Trinajstić information content (AvgIpc) is 3.38. The molecule has 0 atom stereocenters. The van der Waals surface area contributed by atoms with Crippen LogP contribution in [0.2, 0.25) is 0 Å². The van der Waals surface area contributed by atoms with Crippen molar-refractivity contribution in [3.8, 4) is 9.79 Å². The van der Waals surface area contributed by atoms with Gasteiger partial charge in [0.2, 0.25) is 0 Å². The van der Waals surface area contributed by atoms with Crippen LogP contribution < -0.4 is 0 Å². The second kappa shape index (κ2) is 7.03. The van der Waals surface area contributed by atoms with Crippen LogP contribution in [0.25, 0.3) is 50.1 Å². The van der Waals surface area contributed by atoms with E-state index in [9.17, 15) is 0 Å².